The Labute approximate surface area is 140 Å². The topological polar surface area (TPSA) is 66.8 Å². The zero-order chi connectivity index (χ0) is 16.5. The summed E-state index contributed by atoms with van der Waals surface area (Å²) in [5, 5.41) is 0.644. The summed E-state index contributed by atoms with van der Waals surface area (Å²) in [5.41, 5.74) is 0.692. The van der Waals surface area contributed by atoms with Gasteiger partial charge in [-0.25, -0.2) is 9.97 Å². The van der Waals surface area contributed by atoms with Crippen molar-refractivity contribution in [1.82, 2.24) is 19.5 Å². The number of aromatic amines is 1. The van der Waals surface area contributed by atoms with Crippen LogP contribution in [-0.2, 0) is 13.5 Å². The number of benzene rings is 1. The van der Waals surface area contributed by atoms with Crippen LogP contribution in [0.25, 0.3) is 10.9 Å². The van der Waals surface area contributed by atoms with E-state index in [-0.39, 0.29) is 5.56 Å². The molecule has 0 amide bonds. The Morgan fingerprint density at radius 3 is 2.79 bits per heavy atom. The molecule has 0 unspecified atom stereocenters. The Morgan fingerprint density at radius 2 is 2.04 bits per heavy atom. The molecular formula is C18H21N5O. The molecule has 2 aromatic heterocycles. The molecule has 0 bridgehead atoms. The molecule has 0 radical (unpaired) electrons. The van der Waals surface area contributed by atoms with E-state index in [1.54, 1.807) is 0 Å². The summed E-state index contributed by atoms with van der Waals surface area (Å²) in [7, 11) is 2.04. The van der Waals surface area contributed by atoms with Crippen molar-refractivity contribution >= 4 is 16.9 Å². The van der Waals surface area contributed by atoms with Gasteiger partial charge in [0, 0.05) is 39.0 Å². The number of aromatic nitrogens is 4. The van der Waals surface area contributed by atoms with Crippen molar-refractivity contribution in [2.45, 2.75) is 19.3 Å². The van der Waals surface area contributed by atoms with E-state index >= 15 is 0 Å². The Kier molecular flexibility index (Phi) is 3.80. The van der Waals surface area contributed by atoms with Crippen LogP contribution in [0.1, 0.15) is 18.7 Å². The Balaban J connectivity index is 1.48. The predicted molar refractivity (Wildman–Crippen MR) is 94.2 cm³/mol. The lowest BCUT2D eigenvalue weighted by molar-refractivity contribution is 0.391. The Morgan fingerprint density at radius 1 is 1.25 bits per heavy atom. The van der Waals surface area contributed by atoms with Gasteiger partial charge in [-0.3, -0.25) is 9.78 Å². The molecule has 1 aliphatic heterocycles. The van der Waals surface area contributed by atoms with Crippen LogP contribution in [0.15, 0.2) is 41.5 Å². The van der Waals surface area contributed by atoms with Crippen molar-refractivity contribution in [3.05, 3.63) is 52.8 Å². The number of nitrogens with one attached hydrogen (secondary N) is 1. The van der Waals surface area contributed by atoms with E-state index in [0.29, 0.717) is 17.3 Å². The van der Waals surface area contributed by atoms with Gasteiger partial charge in [0.25, 0.3) is 5.56 Å². The van der Waals surface area contributed by atoms with Crippen LogP contribution < -0.4 is 10.5 Å². The van der Waals surface area contributed by atoms with Crippen molar-refractivity contribution in [3.63, 3.8) is 0 Å². The maximum absolute atomic E-state index is 12.2. The molecule has 1 saturated heterocycles. The zero-order valence-electron chi connectivity index (χ0n) is 13.8. The number of hydrogen-bond acceptors (Lipinski definition) is 4. The van der Waals surface area contributed by atoms with Gasteiger partial charge >= 0.3 is 0 Å². The van der Waals surface area contributed by atoms with E-state index in [4.69, 9.17) is 0 Å². The third-order valence-corrected chi connectivity index (χ3v) is 4.91. The van der Waals surface area contributed by atoms with Gasteiger partial charge in [0.2, 0.25) is 5.95 Å². The summed E-state index contributed by atoms with van der Waals surface area (Å²) in [6.45, 7) is 1.83. The fourth-order valence-electron chi connectivity index (χ4n) is 3.42. The molecule has 124 valence electrons. The molecule has 6 nitrogen and oxygen atoms in total. The monoisotopic (exact) mass is 323 g/mol. The number of para-hydroxylation sites is 1. The number of aryl methyl sites for hydroxylation is 1. The van der Waals surface area contributed by atoms with E-state index in [2.05, 4.69) is 24.4 Å². The second kappa shape index (κ2) is 6.11. The number of fused-ring (bicyclic) bond motifs is 1. The summed E-state index contributed by atoms with van der Waals surface area (Å²) in [6.07, 6.45) is 7.04. The molecule has 3 aromatic rings. The standard InChI is InChI=1S/C18H21N5O/c1-22-11-8-19-16(22)12-13-6-9-23(10-7-13)18-20-15-5-3-2-4-14(15)17(24)21-18/h2-5,8,11,13H,6-7,9-10,12H2,1H3,(H,20,21,24). The smallest absolute Gasteiger partial charge is 0.260 e. The van der Waals surface area contributed by atoms with E-state index in [1.807, 2.05) is 43.7 Å². The largest absolute Gasteiger partial charge is 0.342 e. The van der Waals surface area contributed by atoms with Crippen LogP contribution in [0.3, 0.4) is 0 Å². The fraction of sp³-hybridized carbons (Fsp3) is 0.389. The fourth-order valence-corrected chi connectivity index (χ4v) is 3.42. The molecule has 0 aliphatic carbocycles. The lowest BCUT2D eigenvalue weighted by Gasteiger charge is -2.32. The molecule has 6 heteroatoms. The first-order chi connectivity index (χ1) is 11.7. The van der Waals surface area contributed by atoms with Gasteiger partial charge in [0.1, 0.15) is 5.82 Å². The SMILES string of the molecule is Cn1ccnc1CC1CCN(c2nc3ccccc3c(=O)[nH]2)CC1. The number of rotatable bonds is 3. The van der Waals surface area contributed by atoms with Gasteiger partial charge in [0.05, 0.1) is 10.9 Å². The molecule has 24 heavy (non-hydrogen) atoms. The van der Waals surface area contributed by atoms with Crippen molar-refractivity contribution in [3.8, 4) is 0 Å². The van der Waals surface area contributed by atoms with E-state index in [0.717, 1.165) is 43.7 Å². The van der Waals surface area contributed by atoms with E-state index in [9.17, 15) is 4.79 Å². The third-order valence-electron chi connectivity index (χ3n) is 4.91. The summed E-state index contributed by atoms with van der Waals surface area (Å²) < 4.78 is 2.09. The van der Waals surface area contributed by atoms with E-state index in [1.165, 1.54) is 0 Å². The Hall–Kier alpha value is -2.63. The molecular weight excluding hydrogens is 302 g/mol. The van der Waals surface area contributed by atoms with Crippen molar-refractivity contribution in [2.24, 2.45) is 13.0 Å². The lowest BCUT2D eigenvalue weighted by atomic mass is 9.93. The molecule has 4 rings (SSSR count). The molecule has 0 spiro atoms. The minimum Gasteiger partial charge on any atom is -0.342 e. The highest BCUT2D eigenvalue weighted by Gasteiger charge is 2.22. The zero-order valence-corrected chi connectivity index (χ0v) is 13.8. The third kappa shape index (κ3) is 2.79. The van der Waals surface area contributed by atoms with Gasteiger partial charge in [0.15, 0.2) is 0 Å². The minimum atomic E-state index is -0.0641. The number of anilines is 1. The molecule has 1 fully saturated rings. The molecule has 1 N–H and O–H groups in total. The molecule has 0 saturated carbocycles. The van der Waals surface area contributed by atoms with Crippen LogP contribution in [-0.4, -0.2) is 32.6 Å². The molecule has 3 heterocycles. The lowest BCUT2D eigenvalue weighted by Crippen LogP contribution is -2.36. The van der Waals surface area contributed by atoms with Crippen molar-refractivity contribution in [1.29, 1.82) is 0 Å². The highest BCUT2D eigenvalue weighted by atomic mass is 16.1. The van der Waals surface area contributed by atoms with Gasteiger partial charge < -0.3 is 9.47 Å². The summed E-state index contributed by atoms with van der Waals surface area (Å²) in [6, 6.07) is 7.48. The Bertz CT molecular complexity index is 905. The first kappa shape index (κ1) is 14.9. The van der Waals surface area contributed by atoms with Crippen LogP contribution in [0, 0.1) is 5.92 Å². The van der Waals surface area contributed by atoms with E-state index < -0.39 is 0 Å². The highest BCUT2D eigenvalue weighted by molar-refractivity contribution is 5.78. The maximum Gasteiger partial charge on any atom is 0.260 e. The number of imidazole rings is 1. The van der Waals surface area contributed by atoms with Crippen LogP contribution in [0.4, 0.5) is 5.95 Å². The normalized spacial score (nSPS) is 16.0. The highest BCUT2D eigenvalue weighted by Crippen LogP contribution is 2.23. The minimum absolute atomic E-state index is 0.0641. The first-order valence-electron chi connectivity index (χ1n) is 8.41. The van der Waals surface area contributed by atoms with Crippen molar-refractivity contribution < 1.29 is 0 Å². The van der Waals surface area contributed by atoms with Gasteiger partial charge in [-0.2, -0.15) is 0 Å². The van der Waals surface area contributed by atoms with Crippen LogP contribution >= 0.6 is 0 Å². The number of H-pyrrole nitrogens is 1. The van der Waals surface area contributed by atoms with Crippen LogP contribution in [0.5, 0.6) is 0 Å². The van der Waals surface area contributed by atoms with Gasteiger partial charge in [-0.05, 0) is 30.9 Å². The average molecular weight is 323 g/mol. The number of hydrogen-bond donors (Lipinski definition) is 1. The average Bonchev–Trinajstić information content (AvgIpc) is 3.00. The summed E-state index contributed by atoms with van der Waals surface area (Å²) in [4.78, 5) is 26.4. The van der Waals surface area contributed by atoms with Gasteiger partial charge in [-0.1, -0.05) is 12.1 Å². The number of piperidine rings is 1. The summed E-state index contributed by atoms with van der Waals surface area (Å²) >= 11 is 0. The summed E-state index contributed by atoms with van der Waals surface area (Å²) in [5.74, 6) is 2.47. The van der Waals surface area contributed by atoms with Crippen LogP contribution in [0.2, 0.25) is 0 Å². The second-order valence-electron chi connectivity index (χ2n) is 6.50. The molecule has 1 aromatic carbocycles. The quantitative estimate of drug-likeness (QED) is 0.802. The van der Waals surface area contributed by atoms with Gasteiger partial charge in [-0.15, -0.1) is 0 Å². The number of nitrogens with zero attached hydrogens (tertiary/aromatic N) is 4. The predicted octanol–water partition coefficient (Wildman–Crippen LogP) is 2.12. The molecule has 0 atom stereocenters. The maximum atomic E-state index is 12.2. The molecule has 1 aliphatic rings. The second-order valence-corrected chi connectivity index (χ2v) is 6.50. The van der Waals surface area contributed by atoms with Crippen molar-refractivity contribution in [2.75, 3.05) is 18.0 Å². The first-order valence-corrected chi connectivity index (χ1v) is 8.41.